The average Bonchev–Trinajstić information content (AvgIpc) is 2.32. The van der Waals surface area contributed by atoms with Gasteiger partial charge in [-0.3, -0.25) is 9.69 Å². The minimum atomic E-state index is -0.685. The lowest BCUT2D eigenvalue weighted by atomic mass is 10.1. The molecular weight excluding hydrogens is 230 g/mol. The van der Waals surface area contributed by atoms with E-state index in [1.54, 1.807) is 0 Å². The first-order chi connectivity index (χ1) is 8.59. The Bertz CT molecular complexity index is 248. The van der Waals surface area contributed by atoms with Crippen LogP contribution in [0.3, 0.4) is 0 Å². The first kappa shape index (κ1) is 15.4. The molecule has 1 rings (SSSR count). The predicted octanol–water partition coefficient (Wildman–Crippen LogP) is 0.467. The summed E-state index contributed by atoms with van der Waals surface area (Å²) in [6.07, 6.45) is 3.17. The molecule has 0 aromatic heterocycles. The van der Waals surface area contributed by atoms with E-state index in [1.807, 2.05) is 0 Å². The standard InChI is InChI=1S/C13H27N3O2/c1-15-8-9-16(2)12(11-15)10-14-7-5-3-4-6-13(17)18/h12,14H,3-11H2,1-2H3,(H,17,18). The monoisotopic (exact) mass is 257 g/mol. The molecule has 0 bridgehead atoms. The van der Waals surface area contributed by atoms with Gasteiger partial charge in [0, 0.05) is 38.6 Å². The predicted molar refractivity (Wildman–Crippen MR) is 72.9 cm³/mol. The van der Waals surface area contributed by atoms with E-state index in [9.17, 15) is 4.79 Å². The van der Waals surface area contributed by atoms with Gasteiger partial charge in [-0.05, 0) is 33.5 Å². The van der Waals surface area contributed by atoms with Crippen molar-refractivity contribution < 1.29 is 9.90 Å². The van der Waals surface area contributed by atoms with Gasteiger partial charge in [-0.15, -0.1) is 0 Å². The third-order valence-corrected chi connectivity index (χ3v) is 3.60. The van der Waals surface area contributed by atoms with Crippen molar-refractivity contribution in [3.63, 3.8) is 0 Å². The lowest BCUT2D eigenvalue weighted by molar-refractivity contribution is -0.137. The maximum absolute atomic E-state index is 10.3. The van der Waals surface area contributed by atoms with Gasteiger partial charge in [0.15, 0.2) is 0 Å². The second-order valence-electron chi connectivity index (χ2n) is 5.31. The fourth-order valence-electron chi connectivity index (χ4n) is 2.29. The van der Waals surface area contributed by atoms with Crippen molar-refractivity contribution in [2.75, 3.05) is 46.8 Å². The molecule has 2 N–H and O–H groups in total. The van der Waals surface area contributed by atoms with Gasteiger partial charge in [-0.2, -0.15) is 0 Å². The normalized spacial score (nSPS) is 22.2. The Kier molecular flexibility index (Phi) is 7.23. The summed E-state index contributed by atoms with van der Waals surface area (Å²) in [5.41, 5.74) is 0. The number of carboxylic acid groups (broad SMARTS) is 1. The maximum atomic E-state index is 10.3. The number of rotatable bonds is 8. The van der Waals surface area contributed by atoms with Gasteiger partial charge >= 0.3 is 5.97 Å². The minimum Gasteiger partial charge on any atom is -0.481 e. The first-order valence-electron chi connectivity index (χ1n) is 6.91. The number of nitrogens with one attached hydrogen (secondary N) is 1. The fourth-order valence-corrected chi connectivity index (χ4v) is 2.29. The van der Waals surface area contributed by atoms with Crippen LogP contribution >= 0.6 is 0 Å². The van der Waals surface area contributed by atoms with Gasteiger partial charge in [0.25, 0.3) is 0 Å². The summed E-state index contributed by atoms with van der Waals surface area (Å²) in [5.74, 6) is -0.685. The molecule has 18 heavy (non-hydrogen) atoms. The Morgan fingerprint density at radius 2 is 2.06 bits per heavy atom. The van der Waals surface area contributed by atoms with Crippen LogP contribution in [0.15, 0.2) is 0 Å². The number of carboxylic acids is 1. The van der Waals surface area contributed by atoms with Crippen LogP contribution in [-0.4, -0.2) is 73.7 Å². The van der Waals surface area contributed by atoms with E-state index < -0.39 is 5.97 Å². The number of hydrogen-bond donors (Lipinski definition) is 2. The Hall–Kier alpha value is -0.650. The van der Waals surface area contributed by atoms with Gasteiger partial charge in [0.05, 0.1) is 0 Å². The second kappa shape index (κ2) is 8.45. The number of carbonyl (C=O) groups is 1. The summed E-state index contributed by atoms with van der Waals surface area (Å²) in [4.78, 5) is 15.1. The summed E-state index contributed by atoms with van der Waals surface area (Å²) >= 11 is 0. The van der Waals surface area contributed by atoms with Crippen LogP contribution < -0.4 is 5.32 Å². The van der Waals surface area contributed by atoms with Crippen LogP contribution in [0, 0.1) is 0 Å². The highest BCUT2D eigenvalue weighted by Gasteiger charge is 2.21. The van der Waals surface area contributed by atoms with E-state index in [0.29, 0.717) is 12.5 Å². The Balaban J connectivity index is 1.98. The molecule has 0 aromatic carbocycles. The van der Waals surface area contributed by atoms with Crippen molar-refractivity contribution in [1.82, 2.24) is 15.1 Å². The largest absolute Gasteiger partial charge is 0.481 e. The molecule has 1 aliphatic rings. The number of likely N-dealkylation sites (N-methyl/N-ethyl adjacent to an activating group) is 2. The van der Waals surface area contributed by atoms with Crippen LogP contribution in [0.4, 0.5) is 0 Å². The summed E-state index contributed by atoms with van der Waals surface area (Å²) in [5, 5.41) is 12.0. The number of piperazine rings is 1. The van der Waals surface area contributed by atoms with Crippen molar-refractivity contribution >= 4 is 5.97 Å². The Morgan fingerprint density at radius 1 is 1.28 bits per heavy atom. The Morgan fingerprint density at radius 3 is 2.78 bits per heavy atom. The molecule has 1 unspecified atom stereocenters. The molecular formula is C13H27N3O2. The molecule has 1 heterocycles. The number of nitrogens with zero attached hydrogens (tertiary/aromatic N) is 2. The van der Waals surface area contributed by atoms with Crippen molar-refractivity contribution in [3.8, 4) is 0 Å². The molecule has 0 aliphatic carbocycles. The van der Waals surface area contributed by atoms with Crippen LogP contribution in [-0.2, 0) is 4.79 Å². The van der Waals surface area contributed by atoms with Crippen molar-refractivity contribution in [2.45, 2.75) is 31.7 Å². The van der Waals surface area contributed by atoms with Gasteiger partial charge < -0.3 is 15.3 Å². The SMILES string of the molecule is CN1CCN(C)C(CNCCCCCC(=O)O)C1. The molecule has 1 aliphatic heterocycles. The summed E-state index contributed by atoms with van der Waals surface area (Å²) in [6.45, 7) is 5.44. The molecule has 1 fully saturated rings. The van der Waals surface area contributed by atoms with Crippen LogP contribution in [0.25, 0.3) is 0 Å². The highest BCUT2D eigenvalue weighted by atomic mass is 16.4. The molecule has 5 nitrogen and oxygen atoms in total. The van der Waals surface area contributed by atoms with Crippen molar-refractivity contribution in [3.05, 3.63) is 0 Å². The molecule has 0 amide bonds. The van der Waals surface area contributed by atoms with Crippen LogP contribution in [0.2, 0.25) is 0 Å². The topological polar surface area (TPSA) is 55.8 Å². The van der Waals surface area contributed by atoms with E-state index in [1.165, 1.54) is 0 Å². The average molecular weight is 257 g/mol. The molecule has 1 atom stereocenters. The molecule has 0 aromatic rings. The van der Waals surface area contributed by atoms with E-state index in [0.717, 1.165) is 52.0 Å². The van der Waals surface area contributed by atoms with E-state index in [4.69, 9.17) is 5.11 Å². The van der Waals surface area contributed by atoms with Gasteiger partial charge in [-0.25, -0.2) is 0 Å². The molecule has 5 heteroatoms. The third kappa shape index (κ3) is 6.33. The molecule has 0 spiro atoms. The zero-order valence-corrected chi connectivity index (χ0v) is 11.7. The highest BCUT2D eigenvalue weighted by Crippen LogP contribution is 2.05. The van der Waals surface area contributed by atoms with Gasteiger partial charge in [0.1, 0.15) is 0 Å². The van der Waals surface area contributed by atoms with Crippen molar-refractivity contribution in [2.24, 2.45) is 0 Å². The Labute approximate surface area is 110 Å². The molecule has 0 saturated carbocycles. The zero-order chi connectivity index (χ0) is 13.4. The molecule has 0 radical (unpaired) electrons. The lowest BCUT2D eigenvalue weighted by Gasteiger charge is -2.37. The third-order valence-electron chi connectivity index (χ3n) is 3.60. The summed E-state index contributed by atoms with van der Waals surface area (Å²) < 4.78 is 0. The number of unbranched alkanes of at least 4 members (excludes halogenated alkanes) is 2. The smallest absolute Gasteiger partial charge is 0.303 e. The molecule has 1 saturated heterocycles. The maximum Gasteiger partial charge on any atom is 0.303 e. The number of hydrogen-bond acceptors (Lipinski definition) is 4. The van der Waals surface area contributed by atoms with Gasteiger partial charge in [0.2, 0.25) is 0 Å². The quantitative estimate of drug-likeness (QED) is 0.619. The lowest BCUT2D eigenvalue weighted by Crippen LogP contribution is -2.53. The second-order valence-corrected chi connectivity index (χ2v) is 5.31. The number of aliphatic carboxylic acids is 1. The molecule has 106 valence electrons. The fraction of sp³-hybridized carbons (Fsp3) is 0.923. The van der Waals surface area contributed by atoms with E-state index in [2.05, 4.69) is 29.2 Å². The van der Waals surface area contributed by atoms with Gasteiger partial charge in [-0.1, -0.05) is 6.42 Å². The van der Waals surface area contributed by atoms with Crippen LogP contribution in [0.1, 0.15) is 25.7 Å². The minimum absolute atomic E-state index is 0.302. The summed E-state index contributed by atoms with van der Waals surface area (Å²) in [7, 11) is 4.36. The van der Waals surface area contributed by atoms with Crippen molar-refractivity contribution in [1.29, 1.82) is 0 Å². The van der Waals surface area contributed by atoms with E-state index in [-0.39, 0.29) is 0 Å². The van der Waals surface area contributed by atoms with Crippen LogP contribution in [0.5, 0.6) is 0 Å². The summed E-state index contributed by atoms with van der Waals surface area (Å²) in [6, 6.07) is 0.600. The highest BCUT2D eigenvalue weighted by molar-refractivity contribution is 5.66. The first-order valence-corrected chi connectivity index (χ1v) is 6.91. The van der Waals surface area contributed by atoms with E-state index >= 15 is 0 Å². The zero-order valence-electron chi connectivity index (χ0n) is 11.7.